The zero-order chi connectivity index (χ0) is 37.7. The number of rotatable bonds is 13. The Morgan fingerprint density at radius 3 is 2.43 bits per heavy atom. The van der Waals surface area contributed by atoms with E-state index in [9.17, 15) is 23.7 Å². The predicted molar refractivity (Wildman–Crippen MR) is 184 cm³/mol. The molecule has 0 spiro atoms. The largest absolute Gasteiger partial charge is 0.524 e. The lowest BCUT2D eigenvalue weighted by molar-refractivity contribution is -0.151. The molecule has 1 heterocycles. The van der Waals surface area contributed by atoms with Crippen LogP contribution in [0.25, 0.3) is 0 Å². The minimum atomic E-state index is -4.74. The van der Waals surface area contributed by atoms with E-state index in [-0.39, 0.29) is 47.2 Å². The van der Waals surface area contributed by atoms with Gasteiger partial charge in [-0.1, -0.05) is 25.1 Å². The Kier molecular flexibility index (Phi) is 13.9. The van der Waals surface area contributed by atoms with Gasteiger partial charge in [-0.3, -0.25) is 29.6 Å². The topological polar surface area (TPSA) is 279 Å². The maximum atomic E-state index is 13.6. The van der Waals surface area contributed by atoms with Gasteiger partial charge in [-0.25, -0.2) is 24.2 Å². The number of H-pyrrole nitrogens is 1. The summed E-state index contributed by atoms with van der Waals surface area (Å²) in [6, 6.07) is 9.93. The number of nitrogens with one attached hydrogen (secondary N) is 3. The van der Waals surface area contributed by atoms with E-state index in [1.54, 1.807) is 26.8 Å². The molecule has 18 nitrogen and oxygen atoms in total. The summed E-state index contributed by atoms with van der Waals surface area (Å²) in [5.41, 5.74) is 7.89. The van der Waals surface area contributed by atoms with E-state index in [4.69, 9.17) is 35.5 Å². The van der Waals surface area contributed by atoms with Crippen molar-refractivity contribution < 1.29 is 52.6 Å². The van der Waals surface area contributed by atoms with E-state index < -0.39 is 38.5 Å². The van der Waals surface area contributed by atoms with Crippen LogP contribution in [0.4, 0.5) is 10.5 Å². The zero-order valence-corrected chi connectivity index (χ0v) is 28.5. The van der Waals surface area contributed by atoms with Crippen LogP contribution in [0.2, 0.25) is 0 Å². The average Bonchev–Trinajstić information content (AvgIpc) is 3.45. The van der Waals surface area contributed by atoms with Gasteiger partial charge in [0, 0.05) is 24.4 Å². The van der Waals surface area contributed by atoms with Crippen molar-refractivity contribution in [2.24, 2.45) is 15.7 Å². The van der Waals surface area contributed by atoms with Gasteiger partial charge in [0.2, 0.25) is 6.79 Å². The van der Waals surface area contributed by atoms with Gasteiger partial charge in [0.05, 0.1) is 36.0 Å². The summed E-state index contributed by atoms with van der Waals surface area (Å²) in [5.74, 6) is -2.51. The summed E-state index contributed by atoms with van der Waals surface area (Å²) < 4.78 is 25.4. The molecule has 0 aliphatic carbocycles. The standard InChI is InChI=1S/C32H36N7O11P/c1-4-12-39(32(44)49-18-48-27(41)14-21-6-9-23(10-7-21)50-51(45,46)47)31(43)24-16-35-28(20(24)3)29(36-17-33)37-25-15-22(8-5-19(25)2)30(42)38-26(34)11-13-40/h5-11,13,15-17,35,40H,4,12,14,18H2,1-3H3,(H2,33,36,37)(H2,34,38,42)(H2,45,46,47)/b13-11-. The van der Waals surface area contributed by atoms with E-state index >= 15 is 0 Å². The number of aliphatic imine (C=N–C) groups is 2. The summed E-state index contributed by atoms with van der Waals surface area (Å²) in [6.45, 7) is 4.26. The van der Waals surface area contributed by atoms with Crippen LogP contribution in [0.1, 0.15) is 56.4 Å². The summed E-state index contributed by atoms with van der Waals surface area (Å²) in [7, 11) is -4.74. The van der Waals surface area contributed by atoms with E-state index in [0.717, 1.165) is 17.3 Å². The van der Waals surface area contributed by atoms with Crippen molar-refractivity contribution in [1.29, 1.82) is 5.41 Å². The van der Waals surface area contributed by atoms with Crippen molar-refractivity contribution in [2.75, 3.05) is 13.3 Å². The number of aromatic nitrogens is 1. The van der Waals surface area contributed by atoms with Gasteiger partial charge < -0.3 is 35.1 Å². The van der Waals surface area contributed by atoms with Gasteiger partial charge >= 0.3 is 19.9 Å². The van der Waals surface area contributed by atoms with Crippen molar-refractivity contribution in [3.05, 3.63) is 94.5 Å². The molecule has 0 unspecified atom stereocenters. The molecule has 19 heteroatoms. The first-order valence-corrected chi connectivity index (χ1v) is 16.5. The minimum absolute atomic E-state index is 0.0316. The number of amides is 3. The van der Waals surface area contributed by atoms with E-state index in [2.05, 4.69) is 24.8 Å². The lowest BCUT2D eigenvalue weighted by Gasteiger charge is -2.19. The monoisotopic (exact) mass is 725 g/mol. The zero-order valence-electron chi connectivity index (χ0n) is 27.7. The van der Waals surface area contributed by atoms with Crippen molar-refractivity contribution in [3.63, 3.8) is 0 Å². The molecular formula is C32H36N7O11P. The Morgan fingerprint density at radius 2 is 1.80 bits per heavy atom. The normalized spacial score (nSPS) is 11.7. The number of carbonyl (C=O) groups excluding carboxylic acids is 4. The number of esters is 1. The third-order valence-corrected chi connectivity index (χ3v) is 7.24. The SMILES string of the molecule is CCCN(C(=O)OCOC(=O)Cc1ccc(OP(=O)(O)O)cc1)C(=O)c1c[nH]c(C(N=CN)=Nc2cc(C(=O)NC(=N)/C=C\O)ccc2C)c1C. The number of phosphoric ester groups is 1. The Labute approximate surface area is 291 Å². The number of benzene rings is 2. The van der Waals surface area contributed by atoms with Crippen molar-refractivity contribution in [1.82, 2.24) is 15.2 Å². The molecule has 2 aromatic carbocycles. The number of aromatic amines is 1. The highest BCUT2D eigenvalue weighted by atomic mass is 31.2. The quantitative estimate of drug-likeness (QED) is 0.0332. The molecule has 0 fully saturated rings. The molecule has 0 atom stereocenters. The Hall–Kier alpha value is -6.10. The number of aliphatic hydroxyl groups is 1. The number of ether oxygens (including phenoxy) is 2. The predicted octanol–water partition coefficient (Wildman–Crippen LogP) is 3.68. The van der Waals surface area contributed by atoms with Gasteiger partial charge in [-0.05, 0) is 61.2 Å². The number of nitrogens with two attached hydrogens (primary N) is 1. The van der Waals surface area contributed by atoms with Crippen LogP contribution in [-0.2, 0) is 25.3 Å². The highest BCUT2D eigenvalue weighted by molar-refractivity contribution is 7.46. The number of imide groups is 1. The molecule has 51 heavy (non-hydrogen) atoms. The molecule has 0 saturated carbocycles. The number of aliphatic hydroxyl groups excluding tert-OH is 1. The number of amidine groups is 2. The molecule has 1 aromatic heterocycles. The Balaban J connectivity index is 1.73. The first kappa shape index (κ1) is 39.3. The van der Waals surface area contributed by atoms with Crippen molar-refractivity contribution >= 4 is 55.4 Å². The van der Waals surface area contributed by atoms with E-state index in [0.29, 0.717) is 35.1 Å². The maximum Gasteiger partial charge on any atom is 0.524 e. The van der Waals surface area contributed by atoms with E-state index in [1.165, 1.54) is 42.6 Å². The maximum absolute atomic E-state index is 13.6. The lowest BCUT2D eigenvalue weighted by Crippen LogP contribution is -2.38. The molecule has 8 N–H and O–H groups in total. The lowest BCUT2D eigenvalue weighted by atomic mass is 10.1. The molecule has 0 saturated heterocycles. The third-order valence-electron chi connectivity index (χ3n) is 6.79. The number of phosphoric acid groups is 1. The summed E-state index contributed by atoms with van der Waals surface area (Å²) >= 11 is 0. The second-order valence-electron chi connectivity index (χ2n) is 10.5. The van der Waals surface area contributed by atoms with Crippen LogP contribution in [-0.4, -0.2) is 80.0 Å². The first-order valence-electron chi connectivity index (χ1n) is 15.0. The van der Waals surface area contributed by atoms with Crippen molar-refractivity contribution in [2.45, 2.75) is 33.6 Å². The van der Waals surface area contributed by atoms with Gasteiger partial charge in [0.1, 0.15) is 11.6 Å². The fourth-order valence-corrected chi connectivity index (χ4v) is 4.75. The fraction of sp³-hybridized carbons (Fsp3) is 0.219. The minimum Gasteiger partial charge on any atom is -0.515 e. The third kappa shape index (κ3) is 11.5. The van der Waals surface area contributed by atoms with E-state index in [1.807, 2.05) is 0 Å². The second kappa shape index (κ2) is 18.1. The molecule has 0 bridgehead atoms. The Morgan fingerprint density at radius 1 is 1.10 bits per heavy atom. The Bertz CT molecular complexity index is 1910. The molecule has 3 aromatic rings. The molecule has 0 aliphatic heterocycles. The molecular weight excluding hydrogens is 689 g/mol. The summed E-state index contributed by atoms with van der Waals surface area (Å²) in [6.07, 6.45) is 3.01. The fourth-order valence-electron chi connectivity index (χ4n) is 4.36. The number of aryl methyl sites for hydroxylation is 1. The number of hydrogen-bond acceptors (Lipinski definition) is 11. The van der Waals surface area contributed by atoms with Gasteiger partial charge in [-0.15, -0.1) is 0 Å². The summed E-state index contributed by atoms with van der Waals surface area (Å²) in [4.78, 5) is 81.6. The van der Waals surface area contributed by atoms with Crippen LogP contribution in [0.15, 0.2) is 71.0 Å². The first-order chi connectivity index (χ1) is 24.2. The molecule has 270 valence electrons. The highest BCUT2D eigenvalue weighted by Crippen LogP contribution is 2.37. The molecule has 3 rings (SSSR count). The van der Waals surface area contributed by atoms with Gasteiger partial charge in [0.25, 0.3) is 11.8 Å². The average molecular weight is 726 g/mol. The smallest absolute Gasteiger partial charge is 0.515 e. The number of nitrogens with zero attached hydrogens (tertiary/aromatic N) is 3. The molecule has 3 amide bonds. The van der Waals surface area contributed by atoms with Crippen LogP contribution in [0.5, 0.6) is 5.75 Å². The summed E-state index contributed by atoms with van der Waals surface area (Å²) in [5, 5.41) is 18.8. The number of carbonyl (C=O) groups is 4. The van der Waals surface area contributed by atoms with Crippen LogP contribution >= 0.6 is 7.82 Å². The van der Waals surface area contributed by atoms with Crippen LogP contribution < -0.4 is 15.6 Å². The molecule has 0 aliphatic rings. The van der Waals surface area contributed by atoms with Crippen LogP contribution in [0, 0.1) is 19.3 Å². The molecule has 0 radical (unpaired) electrons. The van der Waals surface area contributed by atoms with Gasteiger partial charge in [-0.2, -0.15) is 0 Å². The highest BCUT2D eigenvalue weighted by Gasteiger charge is 2.28. The van der Waals surface area contributed by atoms with Gasteiger partial charge in [0.15, 0.2) is 5.84 Å². The van der Waals surface area contributed by atoms with Crippen molar-refractivity contribution in [3.8, 4) is 5.75 Å². The second-order valence-corrected chi connectivity index (χ2v) is 11.7. The van der Waals surface area contributed by atoms with Crippen LogP contribution in [0.3, 0.4) is 0 Å². The number of hydrogen-bond donors (Lipinski definition) is 7.